The van der Waals surface area contributed by atoms with Crippen molar-refractivity contribution >= 4 is 11.6 Å². The SMILES string of the molecule is COc1ccc(C2=NN(C(=O)CCCCc3ccccc3)C(O)(C(F)(F)F)C2)cc1. The number of hydrogen-bond acceptors (Lipinski definition) is 4. The number of rotatable bonds is 7. The molecule has 0 fully saturated rings. The number of amides is 1. The number of hydrazone groups is 1. The molecule has 1 aliphatic rings. The molecule has 1 unspecified atom stereocenters. The molecule has 0 saturated carbocycles. The summed E-state index contributed by atoms with van der Waals surface area (Å²) >= 11 is 0. The average molecular weight is 420 g/mol. The molecule has 2 aromatic rings. The predicted octanol–water partition coefficient (Wildman–Crippen LogP) is 4.30. The smallest absolute Gasteiger partial charge is 0.438 e. The van der Waals surface area contributed by atoms with Gasteiger partial charge in [0.25, 0.3) is 5.72 Å². The van der Waals surface area contributed by atoms with Crippen LogP contribution >= 0.6 is 0 Å². The van der Waals surface area contributed by atoms with Crippen LogP contribution in [0.5, 0.6) is 5.75 Å². The number of carbonyl (C=O) groups excluding carboxylic acids is 1. The number of methoxy groups -OCH3 is 1. The first-order valence-corrected chi connectivity index (χ1v) is 9.62. The van der Waals surface area contributed by atoms with Crippen LogP contribution in [0.4, 0.5) is 13.2 Å². The summed E-state index contributed by atoms with van der Waals surface area (Å²) < 4.78 is 45.9. The van der Waals surface area contributed by atoms with Crippen molar-refractivity contribution in [3.05, 3.63) is 65.7 Å². The van der Waals surface area contributed by atoms with E-state index >= 15 is 0 Å². The molecule has 1 heterocycles. The van der Waals surface area contributed by atoms with E-state index < -0.39 is 24.2 Å². The summed E-state index contributed by atoms with van der Waals surface area (Å²) in [5.74, 6) is -0.318. The van der Waals surface area contributed by atoms with Gasteiger partial charge in [0.1, 0.15) is 5.75 Å². The summed E-state index contributed by atoms with van der Waals surface area (Å²) in [7, 11) is 1.47. The van der Waals surface area contributed by atoms with Crippen LogP contribution in [-0.4, -0.2) is 40.7 Å². The minimum Gasteiger partial charge on any atom is -0.497 e. The second-order valence-corrected chi connectivity index (χ2v) is 7.16. The van der Waals surface area contributed by atoms with Gasteiger partial charge in [-0.2, -0.15) is 23.3 Å². The van der Waals surface area contributed by atoms with E-state index in [0.717, 1.165) is 12.0 Å². The zero-order valence-corrected chi connectivity index (χ0v) is 16.5. The molecular weight excluding hydrogens is 397 g/mol. The molecule has 30 heavy (non-hydrogen) atoms. The number of alkyl halides is 3. The Morgan fingerprint density at radius 2 is 1.80 bits per heavy atom. The highest BCUT2D eigenvalue weighted by molar-refractivity contribution is 6.03. The first-order chi connectivity index (χ1) is 14.2. The highest BCUT2D eigenvalue weighted by Gasteiger charge is 2.63. The molecule has 3 rings (SSSR count). The summed E-state index contributed by atoms with van der Waals surface area (Å²) in [4.78, 5) is 12.5. The van der Waals surface area contributed by atoms with Crippen molar-refractivity contribution in [2.45, 2.75) is 44.0 Å². The number of hydrogen-bond donors (Lipinski definition) is 1. The van der Waals surface area contributed by atoms with Gasteiger partial charge in [-0.25, -0.2) is 0 Å². The zero-order chi connectivity index (χ0) is 21.8. The van der Waals surface area contributed by atoms with Crippen molar-refractivity contribution in [2.75, 3.05) is 7.11 Å². The highest BCUT2D eigenvalue weighted by atomic mass is 19.4. The lowest BCUT2D eigenvalue weighted by Crippen LogP contribution is -2.56. The molecule has 0 aliphatic carbocycles. The Bertz CT molecular complexity index is 898. The van der Waals surface area contributed by atoms with Crippen molar-refractivity contribution in [1.82, 2.24) is 5.01 Å². The van der Waals surface area contributed by atoms with Crippen LogP contribution in [-0.2, 0) is 11.2 Å². The molecule has 1 aliphatic heterocycles. The van der Waals surface area contributed by atoms with Gasteiger partial charge in [-0.15, -0.1) is 0 Å². The van der Waals surface area contributed by atoms with E-state index in [1.165, 1.54) is 7.11 Å². The molecule has 1 amide bonds. The predicted molar refractivity (Wildman–Crippen MR) is 106 cm³/mol. The van der Waals surface area contributed by atoms with Crippen molar-refractivity contribution in [2.24, 2.45) is 5.10 Å². The van der Waals surface area contributed by atoms with E-state index in [1.54, 1.807) is 24.3 Å². The molecular formula is C22H23F3N2O3. The van der Waals surface area contributed by atoms with E-state index in [0.29, 0.717) is 24.2 Å². The summed E-state index contributed by atoms with van der Waals surface area (Å²) in [6, 6.07) is 15.9. The molecule has 8 heteroatoms. The van der Waals surface area contributed by atoms with Crippen LogP contribution in [0.1, 0.15) is 36.8 Å². The number of aliphatic hydroxyl groups is 1. The van der Waals surface area contributed by atoms with Gasteiger partial charge >= 0.3 is 6.18 Å². The first-order valence-electron chi connectivity index (χ1n) is 9.62. The number of unbranched alkanes of at least 4 members (excludes halogenated alkanes) is 1. The van der Waals surface area contributed by atoms with Crippen molar-refractivity contribution < 1.29 is 27.8 Å². The summed E-state index contributed by atoms with van der Waals surface area (Å²) in [6.07, 6.45) is -4.24. The molecule has 0 spiro atoms. The molecule has 2 aromatic carbocycles. The first kappa shape index (κ1) is 21.8. The lowest BCUT2D eigenvalue weighted by molar-refractivity contribution is -0.302. The van der Waals surface area contributed by atoms with Gasteiger partial charge in [0.2, 0.25) is 5.91 Å². The zero-order valence-electron chi connectivity index (χ0n) is 16.5. The second-order valence-electron chi connectivity index (χ2n) is 7.16. The minimum atomic E-state index is -5.04. The summed E-state index contributed by atoms with van der Waals surface area (Å²) in [6.45, 7) is 0. The third-order valence-corrected chi connectivity index (χ3v) is 5.05. The van der Waals surface area contributed by atoms with Crippen LogP contribution in [0.2, 0.25) is 0 Å². The third kappa shape index (κ3) is 4.64. The molecule has 0 radical (unpaired) electrons. The number of halogens is 3. The van der Waals surface area contributed by atoms with Gasteiger partial charge in [-0.3, -0.25) is 4.79 Å². The third-order valence-electron chi connectivity index (χ3n) is 5.05. The summed E-state index contributed by atoms with van der Waals surface area (Å²) in [5, 5.41) is 14.4. The fourth-order valence-electron chi connectivity index (χ4n) is 3.33. The number of benzene rings is 2. The highest BCUT2D eigenvalue weighted by Crippen LogP contribution is 2.41. The Morgan fingerprint density at radius 1 is 1.13 bits per heavy atom. The van der Waals surface area contributed by atoms with Crippen LogP contribution in [0.25, 0.3) is 0 Å². The van der Waals surface area contributed by atoms with Crippen LogP contribution in [0.3, 0.4) is 0 Å². The van der Waals surface area contributed by atoms with E-state index in [4.69, 9.17) is 4.74 Å². The van der Waals surface area contributed by atoms with Gasteiger partial charge in [-0.05, 0) is 54.7 Å². The maximum Gasteiger partial charge on any atom is 0.438 e. The number of aryl methyl sites for hydroxylation is 1. The maximum absolute atomic E-state index is 13.6. The molecule has 0 aromatic heterocycles. The number of carbonyl (C=O) groups is 1. The fourth-order valence-corrected chi connectivity index (χ4v) is 3.33. The number of ether oxygens (including phenoxy) is 1. The largest absolute Gasteiger partial charge is 0.497 e. The van der Waals surface area contributed by atoms with Crippen molar-refractivity contribution in [1.29, 1.82) is 0 Å². The normalized spacial score (nSPS) is 19.0. The Hall–Kier alpha value is -2.87. The van der Waals surface area contributed by atoms with Gasteiger partial charge in [0.05, 0.1) is 19.2 Å². The quantitative estimate of drug-likeness (QED) is 0.680. The lowest BCUT2D eigenvalue weighted by Gasteiger charge is -2.32. The molecule has 1 N–H and O–H groups in total. The van der Waals surface area contributed by atoms with Crippen LogP contribution in [0, 0.1) is 0 Å². The molecule has 0 bridgehead atoms. The number of nitrogens with zero attached hydrogens (tertiary/aromatic N) is 2. The maximum atomic E-state index is 13.6. The molecule has 0 saturated heterocycles. The van der Waals surface area contributed by atoms with E-state index in [-0.39, 0.29) is 17.1 Å². The van der Waals surface area contributed by atoms with Crippen LogP contribution < -0.4 is 4.74 Å². The van der Waals surface area contributed by atoms with E-state index in [1.807, 2.05) is 30.3 Å². The summed E-state index contributed by atoms with van der Waals surface area (Å²) in [5.41, 5.74) is -1.87. The van der Waals surface area contributed by atoms with Gasteiger partial charge in [-0.1, -0.05) is 30.3 Å². The monoisotopic (exact) mass is 420 g/mol. The standard InChI is InChI=1S/C22H23F3N2O3/c1-30-18-13-11-17(12-14-18)19-15-21(29,22(23,24)25)27(26-19)20(28)10-6-5-9-16-7-3-2-4-8-16/h2-4,7-8,11-14,29H,5-6,9-10,15H2,1H3. The molecule has 1 atom stereocenters. The van der Waals surface area contributed by atoms with Crippen LogP contribution in [0.15, 0.2) is 59.7 Å². The fraction of sp³-hybridized carbons (Fsp3) is 0.364. The Kier molecular flexibility index (Phi) is 6.45. The second kappa shape index (κ2) is 8.87. The lowest BCUT2D eigenvalue weighted by atomic mass is 10.0. The van der Waals surface area contributed by atoms with Gasteiger partial charge in [0.15, 0.2) is 0 Å². The van der Waals surface area contributed by atoms with E-state index in [2.05, 4.69) is 5.10 Å². The van der Waals surface area contributed by atoms with Gasteiger partial charge < -0.3 is 9.84 Å². The Morgan fingerprint density at radius 3 is 2.40 bits per heavy atom. The Balaban J connectivity index is 1.71. The molecule has 160 valence electrons. The van der Waals surface area contributed by atoms with Gasteiger partial charge in [0, 0.05) is 6.42 Å². The van der Waals surface area contributed by atoms with Crippen molar-refractivity contribution in [3.63, 3.8) is 0 Å². The Labute approximate surface area is 172 Å². The van der Waals surface area contributed by atoms with E-state index in [9.17, 15) is 23.1 Å². The molecule has 5 nitrogen and oxygen atoms in total. The van der Waals surface area contributed by atoms with Crippen molar-refractivity contribution in [3.8, 4) is 5.75 Å². The average Bonchev–Trinajstić information content (AvgIpc) is 3.11. The topological polar surface area (TPSA) is 62.1 Å². The minimum absolute atomic E-state index is 0.00452.